The number of hydrogen-bond acceptors (Lipinski definition) is 3. The molecule has 0 bridgehead atoms. The summed E-state index contributed by atoms with van der Waals surface area (Å²) in [6.45, 7) is 5.84. The van der Waals surface area contributed by atoms with E-state index in [0.717, 1.165) is 43.1 Å². The lowest BCUT2D eigenvalue weighted by molar-refractivity contribution is -0.135. The molecule has 1 unspecified atom stereocenters. The molecule has 2 aliphatic rings. The third-order valence-electron chi connectivity index (χ3n) is 6.18. The molecule has 6 nitrogen and oxygen atoms in total. The lowest BCUT2D eigenvalue weighted by Crippen LogP contribution is -2.38. The van der Waals surface area contributed by atoms with Gasteiger partial charge in [-0.2, -0.15) is 5.10 Å². The first-order chi connectivity index (χ1) is 12.6. The van der Waals surface area contributed by atoms with Crippen LogP contribution in [0.2, 0.25) is 0 Å². The Morgan fingerprint density at radius 2 is 2.04 bits per heavy atom. The van der Waals surface area contributed by atoms with Crippen molar-refractivity contribution in [2.75, 3.05) is 6.54 Å². The molecular formula is C20H29N5O. The van der Waals surface area contributed by atoms with Crippen molar-refractivity contribution in [1.29, 1.82) is 0 Å². The molecule has 0 spiro atoms. The maximum atomic E-state index is 13.2. The SMILES string of the molecule is Cc1n[nH]c(C)c1CCC(=O)N1CCCn2ccnc2C1C1CCCC1. The summed E-state index contributed by atoms with van der Waals surface area (Å²) < 4.78 is 2.26. The fourth-order valence-electron chi connectivity index (χ4n) is 4.80. The summed E-state index contributed by atoms with van der Waals surface area (Å²) in [7, 11) is 0. The zero-order valence-electron chi connectivity index (χ0n) is 15.9. The molecule has 1 N–H and O–H groups in total. The van der Waals surface area contributed by atoms with Gasteiger partial charge in [0.05, 0.1) is 11.7 Å². The predicted octanol–water partition coefficient (Wildman–Crippen LogP) is 3.32. The van der Waals surface area contributed by atoms with Crippen LogP contribution in [0, 0.1) is 19.8 Å². The number of amides is 1. The lowest BCUT2D eigenvalue weighted by atomic mass is 9.95. The number of H-pyrrole nitrogens is 1. The van der Waals surface area contributed by atoms with E-state index in [9.17, 15) is 4.79 Å². The number of aromatic amines is 1. The molecule has 26 heavy (non-hydrogen) atoms. The number of nitrogens with zero attached hydrogens (tertiary/aromatic N) is 4. The minimum absolute atomic E-state index is 0.147. The Morgan fingerprint density at radius 1 is 1.23 bits per heavy atom. The average Bonchev–Trinajstić information content (AvgIpc) is 3.35. The van der Waals surface area contributed by atoms with E-state index >= 15 is 0 Å². The average molecular weight is 355 g/mol. The Labute approximate surface area is 155 Å². The highest BCUT2D eigenvalue weighted by Crippen LogP contribution is 2.40. The fraction of sp³-hybridized carbons (Fsp3) is 0.650. The Balaban J connectivity index is 1.55. The van der Waals surface area contributed by atoms with E-state index in [0.29, 0.717) is 12.3 Å². The number of carbonyl (C=O) groups is 1. The topological polar surface area (TPSA) is 66.8 Å². The van der Waals surface area contributed by atoms with E-state index in [2.05, 4.69) is 30.8 Å². The van der Waals surface area contributed by atoms with Gasteiger partial charge in [-0.3, -0.25) is 9.89 Å². The van der Waals surface area contributed by atoms with Gasteiger partial charge in [-0.1, -0.05) is 12.8 Å². The largest absolute Gasteiger partial charge is 0.333 e. The second-order valence-electron chi connectivity index (χ2n) is 7.82. The fourth-order valence-corrected chi connectivity index (χ4v) is 4.80. The number of aromatic nitrogens is 4. The number of fused-ring (bicyclic) bond motifs is 1. The van der Waals surface area contributed by atoms with Gasteiger partial charge in [-0.05, 0) is 51.0 Å². The number of hydrogen-bond donors (Lipinski definition) is 1. The molecule has 0 aromatic carbocycles. The monoisotopic (exact) mass is 355 g/mol. The van der Waals surface area contributed by atoms with E-state index in [1.807, 2.05) is 20.0 Å². The standard InChI is InChI=1S/C20H29N5O/c1-14-17(15(2)23-22-14)8-9-18(26)25-12-5-11-24-13-10-21-20(24)19(25)16-6-3-4-7-16/h10,13,16,19H,3-9,11-12H2,1-2H3,(H,22,23). The van der Waals surface area contributed by atoms with Gasteiger partial charge >= 0.3 is 0 Å². The normalized spacial score (nSPS) is 21.0. The number of rotatable bonds is 4. The lowest BCUT2D eigenvalue weighted by Gasteiger charge is -2.33. The Morgan fingerprint density at radius 3 is 2.77 bits per heavy atom. The van der Waals surface area contributed by atoms with E-state index in [4.69, 9.17) is 0 Å². The zero-order valence-corrected chi connectivity index (χ0v) is 15.9. The molecule has 3 heterocycles. The van der Waals surface area contributed by atoms with E-state index in [1.54, 1.807) is 0 Å². The summed E-state index contributed by atoms with van der Waals surface area (Å²) in [4.78, 5) is 20.0. The van der Waals surface area contributed by atoms with Crippen LogP contribution >= 0.6 is 0 Å². The zero-order chi connectivity index (χ0) is 18.1. The molecule has 6 heteroatoms. The van der Waals surface area contributed by atoms with Crippen molar-refractivity contribution in [3.8, 4) is 0 Å². The van der Waals surface area contributed by atoms with Gasteiger partial charge < -0.3 is 9.47 Å². The van der Waals surface area contributed by atoms with Crippen LogP contribution in [0.5, 0.6) is 0 Å². The molecular weight excluding hydrogens is 326 g/mol. The van der Waals surface area contributed by atoms with Crippen molar-refractivity contribution >= 4 is 5.91 Å². The molecule has 1 atom stereocenters. The molecule has 1 amide bonds. The van der Waals surface area contributed by atoms with E-state index in [-0.39, 0.29) is 11.9 Å². The van der Waals surface area contributed by atoms with Gasteiger partial charge in [0.25, 0.3) is 0 Å². The van der Waals surface area contributed by atoms with Crippen molar-refractivity contribution in [3.63, 3.8) is 0 Å². The van der Waals surface area contributed by atoms with Crippen LogP contribution in [0.3, 0.4) is 0 Å². The molecule has 4 rings (SSSR count). The Bertz CT molecular complexity index is 752. The third kappa shape index (κ3) is 3.17. The van der Waals surface area contributed by atoms with Crippen LogP contribution in [-0.4, -0.2) is 37.1 Å². The Hall–Kier alpha value is -2.11. The molecule has 2 aromatic rings. The van der Waals surface area contributed by atoms with Gasteiger partial charge in [0.2, 0.25) is 5.91 Å². The highest BCUT2D eigenvalue weighted by molar-refractivity contribution is 5.77. The van der Waals surface area contributed by atoms with Crippen molar-refractivity contribution < 1.29 is 4.79 Å². The summed E-state index contributed by atoms with van der Waals surface area (Å²) in [6, 6.07) is 0.147. The minimum Gasteiger partial charge on any atom is -0.333 e. The second kappa shape index (κ2) is 7.25. The molecule has 0 radical (unpaired) electrons. The number of aryl methyl sites for hydroxylation is 3. The summed E-state index contributed by atoms with van der Waals surface area (Å²) in [5.41, 5.74) is 3.27. The first kappa shape index (κ1) is 17.3. The highest BCUT2D eigenvalue weighted by atomic mass is 16.2. The number of carbonyl (C=O) groups excluding carboxylic acids is 1. The van der Waals surface area contributed by atoms with Crippen molar-refractivity contribution in [2.24, 2.45) is 5.92 Å². The molecule has 1 fully saturated rings. The molecule has 2 aromatic heterocycles. The van der Waals surface area contributed by atoms with Crippen LogP contribution in [0.1, 0.15) is 67.3 Å². The quantitative estimate of drug-likeness (QED) is 0.915. The summed E-state index contributed by atoms with van der Waals surface area (Å²) in [5, 5.41) is 7.28. The highest BCUT2D eigenvalue weighted by Gasteiger charge is 2.37. The predicted molar refractivity (Wildman–Crippen MR) is 99.6 cm³/mol. The molecule has 1 aliphatic carbocycles. The summed E-state index contributed by atoms with van der Waals surface area (Å²) >= 11 is 0. The number of imidazole rings is 1. The Kier molecular flexibility index (Phi) is 4.83. The van der Waals surface area contributed by atoms with E-state index in [1.165, 1.54) is 31.2 Å². The summed E-state index contributed by atoms with van der Waals surface area (Å²) in [5.74, 6) is 1.91. The molecule has 1 saturated carbocycles. The first-order valence-electron chi connectivity index (χ1n) is 9.96. The van der Waals surface area contributed by atoms with Crippen molar-refractivity contribution in [1.82, 2.24) is 24.6 Å². The maximum Gasteiger partial charge on any atom is 0.223 e. The second-order valence-corrected chi connectivity index (χ2v) is 7.82. The van der Waals surface area contributed by atoms with Gasteiger partial charge in [0.1, 0.15) is 5.82 Å². The van der Waals surface area contributed by atoms with Crippen LogP contribution in [0.15, 0.2) is 12.4 Å². The minimum atomic E-state index is 0.147. The van der Waals surface area contributed by atoms with Crippen LogP contribution in [0.25, 0.3) is 0 Å². The summed E-state index contributed by atoms with van der Waals surface area (Å²) in [6.07, 6.45) is 11.2. The van der Waals surface area contributed by atoms with Crippen LogP contribution in [-0.2, 0) is 17.8 Å². The van der Waals surface area contributed by atoms with Crippen LogP contribution in [0.4, 0.5) is 0 Å². The van der Waals surface area contributed by atoms with Gasteiger partial charge in [0, 0.05) is 37.6 Å². The molecule has 0 saturated heterocycles. The molecule has 1 aliphatic heterocycles. The third-order valence-corrected chi connectivity index (χ3v) is 6.18. The maximum absolute atomic E-state index is 13.2. The van der Waals surface area contributed by atoms with Crippen molar-refractivity contribution in [2.45, 2.75) is 71.4 Å². The smallest absolute Gasteiger partial charge is 0.223 e. The van der Waals surface area contributed by atoms with Crippen molar-refractivity contribution in [3.05, 3.63) is 35.2 Å². The van der Waals surface area contributed by atoms with Gasteiger partial charge in [-0.25, -0.2) is 4.98 Å². The molecule has 140 valence electrons. The van der Waals surface area contributed by atoms with E-state index < -0.39 is 0 Å². The number of nitrogens with one attached hydrogen (secondary N) is 1. The van der Waals surface area contributed by atoms with Gasteiger partial charge in [-0.15, -0.1) is 0 Å². The first-order valence-corrected chi connectivity index (χ1v) is 9.96. The van der Waals surface area contributed by atoms with Crippen LogP contribution < -0.4 is 0 Å². The van der Waals surface area contributed by atoms with Gasteiger partial charge in [0.15, 0.2) is 0 Å².